The van der Waals surface area contributed by atoms with E-state index in [1.807, 2.05) is 0 Å². The molecule has 0 atom stereocenters. The lowest BCUT2D eigenvalue weighted by Gasteiger charge is -2.28. The Kier molecular flexibility index (Phi) is 4.68. The van der Waals surface area contributed by atoms with E-state index in [2.05, 4.69) is 10.4 Å². The summed E-state index contributed by atoms with van der Waals surface area (Å²) in [5, 5.41) is 15.5. The van der Waals surface area contributed by atoms with Gasteiger partial charge < -0.3 is 10.2 Å². The summed E-state index contributed by atoms with van der Waals surface area (Å²) < 4.78 is 58.3. The van der Waals surface area contributed by atoms with Crippen LogP contribution in [0.4, 0.5) is 28.0 Å². The molecule has 1 N–H and O–H groups in total. The molecule has 0 fully saturated rings. The summed E-state index contributed by atoms with van der Waals surface area (Å²) in [6, 6.07) is 2.58. The third-order valence-corrected chi connectivity index (χ3v) is 5.29. The Balaban J connectivity index is 1.59. The first-order valence-corrected chi connectivity index (χ1v) is 9.22. The van der Waals surface area contributed by atoms with Gasteiger partial charge in [0.25, 0.3) is 5.92 Å². The molecule has 2 amide bonds. The molecule has 1 aromatic carbocycles. The van der Waals surface area contributed by atoms with Crippen LogP contribution in [0.1, 0.15) is 41.8 Å². The minimum Gasteiger partial charge on any atom is -0.320 e. The molecule has 0 radical (unpaired) electrons. The van der Waals surface area contributed by atoms with Gasteiger partial charge in [-0.15, -0.1) is 0 Å². The second-order valence-corrected chi connectivity index (χ2v) is 7.16. The molecule has 0 bridgehead atoms. The highest BCUT2D eigenvalue weighted by Gasteiger charge is 2.42. The van der Waals surface area contributed by atoms with E-state index >= 15 is 0 Å². The SMILES string of the molecule is N#Cc1c(F)ccc(NC(=O)N2CCc3nn4c(c3C2)C(F)(F)CCCC4)c1F. The maximum atomic E-state index is 14.6. The lowest BCUT2D eigenvalue weighted by atomic mass is 10.00. The van der Waals surface area contributed by atoms with Gasteiger partial charge in [0, 0.05) is 31.5 Å². The molecule has 2 aliphatic rings. The van der Waals surface area contributed by atoms with Gasteiger partial charge in [-0.1, -0.05) is 0 Å². The average Bonchev–Trinajstić information content (AvgIpc) is 2.99. The average molecular weight is 407 g/mol. The number of carbonyl (C=O) groups excluding carboxylic acids is 1. The fourth-order valence-electron chi connectivity index (χ4n) is 3.84. The van der Waals surface area contributed by atoms with Crippen molar-refractivity contribution in [2.45, 2.75) is 44.7 Å². The van der Waals surface area contributed by atoms with Crippen molar-refractivity contribution in [3.05, 3.63) is 46.3 Å². The Hall–Kier alpha value is -3.09. The number of nitrogens with one attached hydrogen (secondary N) is 1. The molecule has 2 aromatic rings. The number of hydrogen-bond donors (Lipinski definition) is 1. The van der Waals surface area contributed by atoms with Crippen LogP contribution < -0.4 is 5.32 Å². The molecule has 10 heteroatoms. The predicted molar refractivity (Wildman–Crippen MR) is 94.2 cm³/mol. The quantitative estimate of drug-likeness (QED) is 0.729. The molecule has 0 saturated carbocycles. The van der Waals surface area contributed by atoms with Crippen molar-refractivity contribution < 1.29 is 22.4 Å². The summed E-state index contributed by atoms with van der Waals surface area (Å²) in [6.45, 7) is 0.538. The number of nitriles is 1. The standard InChI is InChI=1S/C19H17F4N5O/c20-13-3-4-15(16(21)11(13)9-24)25-18(29)27-8-5-14-12(10-27)17-19(22,23)6-1-2-7-28(17)26-14/h3-4H,1-2,5-8,10H2,(H,25,29). The first kappa shape index (κ1) is 19.2. The number of alkyl halides is 2. The van der Waals surface area contributed by atoms with Gasteiger partial charge in [0.2, 0.25) is 0 Å². The molecule has 0 spiro atoms. The third kappa shape index (κ3) is 3.30. The van der Waals surface area contributed by atoms with E-state index in [9.17, 15) is 22.4 Å². The summed E-state index contributed by atoms with van der Waals surface area (Å²) >= 11 is 0. The van der Waals surface area contributed by atoms with Crippen LogP contribution in [0.25, 0.3) is 0 Å². The van der Waals surface area contributed by atoms with Gasteiger partial charge in [-0.2, -0.15) is 19.1 Å². The number of fused-ring (bicyclic) bond motifs is 3. The molecule has 0 unspecified atom stereocenters. The largest absolute Gasteiger partial charge is 0.322 e. The van der Waals surface area contributed by atoms with Crippen LogP contribution in [0.5, 0.6) is 0 Å². The number of carbonyl (C=O) groups is 1. The molecule has 29 heavy (non-hydrogen) atoms. The lowest BCUT2D eigenvalue weighted by Crippen LogP contribution is -2.39. The highest BCUT2D eigenvalue weighted by atomic mass is 19.3. The van der Waals surface area contributed by atoms with Crippen LogP contribution in [-0.4, -0.2) is 27.3 Å². The van der Waals surface area contributed by atoms with Crippen LogP contribution in [0, 0.1) is 23.0 Å². The molecule has 1 aromatic heterocycles. The topological polar surface area (TPSA) is 74.0 Å². The molecule has 3 heterocycles. The van der Waals surface area contributed by atoms with Gasteiger partial charge in [0.15, 0.2) is 5.82 Å². The molecule has 0 saturated heterocycles. The van der Waals surface area contributed by atoms with Crippen molar-refractivity contribution >= 4 is 11.7 Å². The molecular formula is C19H17F4N5O. The zero-order valence-electron chi connectivity index (χ0n) is 15.3. The first-order chi connectivity index (χ1) is 13.8. The van der Waals surface area contributed by atoms with Crippen molar-refractivity contribution in [2.75, 3.05) is 11.9 Å². The Morgan fingerprint density at radius 1 is 1.24 bits per heavy atom. The maximum Gasteiger partial charge on any atom is 0.322 e. The number of aryl methyl sites for hydroxylation is 1. The van der Waals surface area contributed by atoms with Crippen LogP contribution in [0.3, 0.4) is 0 Å². The van der Waals surface area contributed by atoms with Crippen molar-refractivity contribution in [1.82, 2.24) is 14.7 Å². The number of hydrogen-bond acceptors (Lipinski definition) is 3. The van der Waals surface area contributed by atoms with Gasteiger partial charge in [-0.05, 0) is 25.0 Å². The van der Waals surface area contributed by atoms with Crippen LogP contribution in [-0.2, 0) is 25.4 Å². The normalized spacial score (nSPS) is 17.7. The molecule has 152 valence electrons. The summed E-state index contributed by atoms with van der Waals surface area (Å²) in [4.78, 5) is 13.9. The monoisotopic (exact) mass is 407 g/mol. The predicted octanol–water partition coefficient (Wildman–Crippen LogP) is 3.90. The number of aromatic nitrogens is 2. The number of rotatable bonds is 1. The number of amides is 2. The van der Waals surface area contributed by atoms with Crippen LogP contribution in [0.2, 0.25) is 0 Å². The number of halogens is 4. The smallest absolute Gasteiger partial charge is 0.320 e. The van der Waals surface area contributed by atoms with Crippen molar-refractivity contribution in [1.29, 1.82) is 5.26 Å². The van der Waals surface area contributed by atoms with Gasteiger partial charge in [-0.3, -0.25) is 4.68 Å². The van der Waals surface area contributed by atoms with E-state index in [4.69, 9.17) is 5.26 Å². The third-order valence-electron chi connectivity index (χ3n) is 5.29. The number of benzene rings is 1. The Labute approximate surface area is 163 Å². The summed E-state index contributed by atoms with van der Waals surface area (Å²) in [5.41, 5.74) is -0.425. The van der Waals surface area contributed by atoms with Gasteiger partial charge in [0.1, 0.15) is 23.1 Å². The summed E-state index contributed by atoms with van der Waals surface area (Å²) in [7, 11) is 0. The van der Waals surface area contributed by atoms with Crippen molar-refractivity contribution in [3.63, 3.8) is 0 Å². The van der Waals surface area contributed by atoms with E-state index in [1.54, 1.807) is 0 Å². The van der Waals surface area contributed by atoms with E-state index in [-0.39, 0.29) is 30.9 Å². The van der Waals surface area contributed by atoms with E-state index in [1.165, 1.54) is 15.7 Å². The van der Waals surface area contributed by atoms with Crippen molar-refractivity contribution in [2.24, 2.45) is 0 Å². The zero-order valence-corrected chi connectivity index (χ0v) is 15.3. The van der Waals surface area contributed by atoms with Crippen molar-refractivity contribution in [3.8, 4) is 6.07 Å². The Bertz CT molecular complexity index is 1030. The second-order valence-electron chi connectivity index (χ2n) is 7.16. The second kappa shape index (κ2) is 7.06. The highest BCUT2D eigenvalue weighted by molar-refractivity contribution is 5.90. The van der Waals surface area contributed by atoms with Gasteiger partial charge >= 0.3 is 6.03 Å². The molecule has 0 aliphatic carbocycles. The molecular weight excluding hydrogens is 390 g/mol. The minimum atomic E-state index is -3.03. The molecule has 2 aliphatic heterocycles. The Morgan fingerprint density at radius 3 is 2.79 bits per heavy atom. The fraction of sp³-hybridized carbons (Fsp3) is 0.421. The first-order valence-electron chi connectivity index (χ1n) is 9.22. The van der Waals surface area contributed by atoms with E-state index in [0.717, 1.165) is 12.1 Å². The van der Waals surface area contributed by atoms with Gasteiger partial charge in [0.05, 0.1) is 17.9 Å². The highest BCUT2D eigenvalue weighted by Crippen LogP contribution is 2.40. The fourth-order valence-corrected chi connectivity index (χ4v) is 3.84. The van der Waals surface area contributed by atoms with Crippen LogP contribution in [0.15, 0.2) is 12.1 Å². The van der Waals surface area contributed by atoms with Gasteiger partial charge in [-0.25, -0.2) is 13.6 Å². The summed E-state index contributed by atoms with van der Waals surface area (Å²) in [6.07, 6.45) is 1.03. The van der Waals surface area contributed by atoms with Crippen LogP contribution >= 0.6 is 0 Å². The lowest BCUT2D eigenvalue weighted by molar-refractivity contribution is -0.0203. The number of urea groups is 1. The van der Waals surface area contributed by atoms with E-state index in [0.29, 0.717) is 37.1 Å². The zero-order chi connectivity index (χ0) is 20.8. The number of anilines is 1. The molecule has 6 nitrogen and oxygen atoms in total. The maximum absolute atomic E-state index is 14.6. The minimum absolute atomic E-state index is 0.0833. The molecule has 4 rings (SSSR count). The summed E-state index contributed by atoms with van der Waals surface area (Å²) in [5.74, 6) is -5.23. The van der Waals surface area contributed by atoms with E-state index < -0.39 is 29.2 Å². The Morgan fingerprint density at radius 2 is 2.03 bits per heavy atom. The number of nitrogens with zero attached hydrogens (tertiary/aromatic N) is 4.